The second kappa shape index (κ2) is 10.6. The summed E-state index contributed by atoms with van der Waals surface area (Å²) in [4.78, 5) is 40.1. The maximum Gasteiger partial charge on any atom is 0.315 e. The minimum atomic E-state index is -0.831. The standard InChI is InChI=1S/C19H22FN5O3/c1-2-5-16(18(27)25-24-17(26)15-6-3-4-11-21-15)23-19(28)22-12-13-7-9-14(20)10-8-13/h3-4,6-11,16H,2,5,12H2,1H3,(H,24,26)(H,25,27)(H2,22,23,28). The number of carbonyl (C=O) groups excluding carboxylic acids is 3. The van der Waals surface area contributed by atoms with E-state index in [0.717, 1.165) is 5.56 Å². The van der Waals surface area contributed by atoms with Gasteiger partial charge in [-0.2, -0.15) is 0 Å². The molecule has 148 valence electrons. The highest BCUT2D eigenvalue weighted by molar-refractivity contribution is 5.94. The predicted octanol–water partition coefficient (Wildman–Crippen LogP) is 1.65. The van der Waals surface area contributed by atoms with E-state index in [-0.39, 0.29) is 18.1 Å². The van der Waals surface area contributed by atoms with Crippen LogP contribution in [-0.2, 0) is 11.3 Å². The molecule has 0 aliphatic carbocycles. The van der Waals surface area contributed by atoms with Crippen molar-refractivity contribution in [3.05, 3.63) is 65.7 Å². The number of aromatic nitrogens is 1. The number of pyridine rings is 1. The number of amides is 4. The summed E-state index contributed by atoms with van der Waals surface area (Å²) in [5.41, 5.74) is 5.43. The zero-order valence-corrected chi connectivity index (χ0v) is 15.4. The lowest BCUT2D eigenvalue weighted by Gasteiger charge is -2.18. The van der Waals surface area contributed by atoms with Gasteiger partial charge in [-0.3, -0.25) is 25.4 Å². The van der Waals surface area contributed by atoms with Crippen molar-refractivity contribution in [2.24, 2.45) is 0 Å². The molecule has 1 atom stereocenters. The van der Waals surface area contributed by atoms with E-state index in [4.69, 9.17) is 0 Å². The van der Waals surface area contributed by atoms with Gasteiger partial charge < -0.3 is 10.6 Å². The number of nitrogens with one attached hydrogen (secondary N) is 4. The van der Waals surface area contributed by atoms with Crippen LogP contribution < -0.4 is 21.5 Å². The van der Waals surface area contributed by atoms with Crippen LogP contribution in [0.2, 0.25) is 0 Å². The van der Waals surface area contributed by atoms with Crippen molar-refractivity contribution in [2.75, 3.05) is 0 Å². The molecular weight excluding hydrogens is 365 g/mol. The third-order valence-corrected chi connectivity index (χ3v) is 3.76. The van der Waals surface area contributed by atoms with Gasteiger partial charge in [0.05, 0.1) is 0 Å². The molecule has 0 fully saturated rings. The van der Waals surface area contributed by atoms with E-state index >= 15 is 0 Å². The van der Waals surface area contributed by atoms with Crippen molar-refractivity contribution < 1.29 is 18.8 Å². The van der Waals surface area contributed by atoms with Crippen molar-refractivity contribution in [2.45, 2.75) is 32.4 Å². The number of benzene rings is 1. The number of halogens is 1. The Morgan fingerprint density at radius 1 is 1.07 bits per heavy atom. The Bertz CT molecular complexity index is 799. The Hall–Kier alpha value is -3.49. The van der Waals surface area contributed by atoms with Crippen LogP contribution in [-0.4, -0.2) is 28.9 Å². The van der Waals surface area contributed by atoms with Gasteiger partial charge in [-0.05, 0) is 36.2 Å². The zero-order valence-electron chi connectivity index (χ0n) is 15.4. The van der Waals surface area contributed by atoms with Crippen LogP contribution in [0.4, 0.5) is 9.18 Å². The van der Waals surface area contributed by atoms with Crippen LogP contribution in [0, 0.1) is 5.82 Å². The minimum absolute atomic E-state index is 0.153. The van der Waals surface area contributed by atoms with Crippen LogP contribution >= 0.6 is 0 Å². The molecule has 28 heavy (non-hydrogen) atoms. The molecule has 1 unspecified atom stereocenters. The van der Waals surface area contributed by atoms with E-state index in [9.17, 15) is 18.8 Å². The average Bonchev–Trinajstić information content (AvgIpc) is 2.71. The zero-order chi connectivity index (χ0) is 20.4. The number of urea groups is 1. The SMILES string of the molecule is CCCC(NC(=O)NCc1ccc(F)cc1)C(=O)NNC(=O)c1ccccn1. The minimum Gasteiger partial charge on any atom is -0.334 e. The van der Waals surface area contributed by atoms with Gasteiger partial charge >= 0.3 is 6.03 Å². The first-order valence-electron chi connectivity index (χ1n) is 8.79. The van der Waals surface area contributed by atoms with E-state index in [1.54, 1.807) is 24.3 Å². The molecule has 0 radical (unpaired) electrons. The van der Waals surface area contributed by atoms with Crippen LogP contribution in [0.1, 0.15) is 35.8 Å². The number of hydrogen-bond donors (Lipinski definition) is 4. The second-order valence-electron chi connectivity index (χ2n) is 5.95. The molecule has 0 spiro atoms. The van der Waals surface area contributed by atoms with Gasteiger partial charge in [-0.15, -0.1) is 0 Å². The van der Waals surface area contributed by atoms with Gasteiger partial charge in [0, 0.05) is 12.7 Å². The Kier molecular flexibility index (Phi) is 7.89. The second-order valence-corrected chi connectivity index (χ2v) is 5.95. The fourth-order valence-electron chi connectivity index (χ4n) is 2.32. The van der Waals surface area contributed by atoms with Gasteiger partial charge in [-0.25, -0.2) is 9.18 Å². The maximum absolute atomic E-state index is 12.9. The lowest BCUT2D eigenvalue weighted by atomic mass is 10.1. The molecule has 0 aliphatic heterocycles. The van der Waals surface area contributed by atoms with Gasteiger partial charge in [0.25, 0.3) is 11.8 Å². The van der Waals surface area contributed by atoms with E-state index in [0.29, 0.717) is 12.8 Å². The topological polar surface area (TPSA) is 112 Å². The Balaban J connectivity index is 1.83. The number of carbonyl (C=O) groups is 3. The fourth-order valence-corrected chi connectivity index (χ4v) is 2.32. The van der Waals surface area contributed by atoms with Crippen LogP contribution in [0.15, 0.2) is 48.7 Å². The number of hydrogen-bond acceptors (Lipinski definition) is 4. The summed E-state index contributed by atoms with van der Waals surface area (Å²) in [5.74, 6) is -1.48. The van der Waals surface area contributed by atoms with E-state index in [1.165, 1.54) is 24.4 Å². The lowest BCUT2D eigenvalue weighted by Crippen LogP contribution is -2.54. The van der Waals surface area contributed by atoms with Crippen molar-refractivity contribution >= 4 is 17.8 Å². The van der Waals surface area contributed by atoms with E-state index in [2.05, 4.69) is 26.5 Å². The molecule has 1 aromatic heterocycles. The molecule has 0 saturated heterocycles. The molecule has 0 saturated carbocycles. The number of rotatable bonds is 7. The predicted molar refractivity (Wildman–Crippen MR) is 100 cm³/mol. The first-order valence-corrected chi connectivity index (χ1v) is 8.79. The first-order chi connectivity index (χ1) is 13.5. The summed E-state index contributed by atoms with van der Waals surface area (Å²) in [5, 5.41) is 5.16. The largest absolute Gasteiger partial charge is 0.334 e. The summed E-state index contributed by atoms with van der Waals surface area (Å²) in [7, 11) is 0. The molecule has 2 aromatic rings. The first kappa shape index (κ1) is 20.8. The Labute approximate surface area is 161 Å². The molecule has 4 amide bonds. The monoisotopic (exact) mass is 387 g/mol. The van der Waals surface area contributed by atoms with Crippen molar-refractivity contribution in [1.82, 2.24) is 26.5 Å². The van der Waals surface area contributed by atoms with Crippen molar-refractivity contribution in [3.63, 3.8) is 0 Å². The van der Waals surface area contributed by atoms with E-state index in [1.807, 2.05) is 6.92 Å². The summed E-state index contributed by atoms with van der Waals surface area (Å²) in [6, 6.07) is 9.15. The maximum atomic E-state index is 12.9. The molecule has 0 bridgehead atoms. The normalized spacial score (nSPS) is 11.2. The lowest BCUT2D eigenvalue weighted by molar-refractivity contribution is -0.123. The molecule has 0 aliphatic rings. The summed E-state index contributed by atoms with van der Waals surface area (Å²) < 4.78 is 12.9. The molecule has 2 rings (SSSR count). The fraction of sp³-hybridized carbons (Fsp3) is 0.263. The molecule has 9 heteroatoms. The van der Waals surface area contributed by atoms with Gasteiger partial charge in [-0.1, -0.05) is 31.5 Å². The molecule has 1 heterocycles. The van der Waals surface area contributed by atoms with Crippen molar-refractivity contribution in [3.8, 4) is 0 Å². The highest BCUT2D eigenvalue weighted by atomic mass is 19.1. The molecular formula is C19H22FN5O3. The highest BCUT2D eigenvalue weighted by Gasteiger charge is 2.20. The van der Waals surface area contributed by atoms with Gasteiger partial charge in [0.15, 0.2) is 0 Å². The average molecular weight is 387 g/mol. The summed E-state index contributed by atoms with van der Waals surface area (Å²) >= 11 is 0. The Morgan fingerprint density at radius 2 is 1.82 bits per heavy atom. The molecule has 8 nitrogen and oxygen atoms in total. The number of nitrogens with zero attached hydrogens (tertiary/aromatic N) is 1. The van der Waals surface area contributed by atoms with Gasteiger partial charge in [0.2, 0.25) is 0 Å². The molecule has 4 N–H and O–H groups in total. The third kappa shape index (κ3) is 6.67. The number of hydrazine groups is 1. The quantitative estimate of drug-likeness (QED) is 0.541. The van der Waals surface area contributed by atoms with Crippen LogP contribution in [0.3, 0.4) is 0 Å². The van der Waals surface area contributed by atoms with Crippen LogP contribution in [0.5, 0.6) is 0 Å². The Morgan fingerprint density at radius 3 is 2.46 bits per heavy atom. The summed E-state index contributed by atoms with van der Waals surface area (Å²) in [6.45, 7) is 2.05. The highest BCUT2D eigenvalue weighted by Crippen LogP contribution is 2.02. The molecule has 1 aromatic carbocycles. The smallest absolute Gasteiger partial charge is 0.315 e. The summed E-state index contributed by atoms with van der Waals surface area (Å²) in [6.07, 6.45) is 2.49. The van der Waals surface area contributed by atoms with Gasteiger partial charge in [0.1, 0.15) is 17.6 Å². The van der Waals surface area contributed by atoms with Crippen molar-refractivity contribution in [1.29, 1.82) is 0 Å². The van der Waals surface area contributed by atoms with E-state index < -0.39 is 23.9 Å². The van der Waals surface area contributed by atoms with Crippen LogP contribution in [0.25, 0.3) is 0 Å². The third-order valence-electron chi connectivity index (χ3n) is 3.76.